The Labute approximate surface area is 121 Å². The summed E-state index contributed by atoms with van der Waals surface area (Å²) < 4.78 is 10.6. The summed E-state index contributed by atoms with van der Waals surface area (Å²) in [5, 5.41) is 1.06. The molecule has 102 valence electrons. The summed E-state index contributed by atoms with van der Waals surface area (Å²) in [5.41, 5.74) is 7.44. The van der Waals surface area contributed by atoms with E-state index in [1.165, 1.54) is 11.3 Å². The van der Waals surface area contributed by atoms with Crippen LogP contribution in [0, 0.1) is 0 Å². The van der Waals surface area contributed by atoms with Gasteiger partial charge in [0.2, 0.25) is 0 Å². The summed E-state index contributed by atoms with van der Waals surface area (Å²) in [6, 6.07) is 3.56. The highest BCUT2D eigenvalue weighted by Gasteiger charge is 2.17. The van der Waals surface area contributed by atoms with Gasteiger partial charge in [0.1, 0.15) is 11.5 Å². The van der Waals surface area contributed by atoms with Crippen molar-refractivity contribution in [1.82, 2.24) is 4.98 Å². The van der Waals surface area contributed by atoms with Crippen molar-refractivity contribution in [2.45, 2.75) is 13.3 Å². The fraction of sp³-hybridized carbons (Fsp3) is 0.308. The second-order valence-corrected chi connectivity index (χ2v) is 5.39. The molecule has 2 rings (SSSR count). The Bertz CT molecular complexity index is 599. The normalized spacial score (nSPS) is 10.5. The van der Waals surface area contributed by atoms with Crippen LogP contribution >= 0.6 is 22.9 Å². The molecule has 0 fully saturated rings. The van der Waals surface area contributed by atoms with Gasteiger partial charge in [-0.2, -0.15) is 0 Å². The molecule has 1 aromatic heterocycles. The Hall–Kier alpha value is -1.46. The van der Waals surface area contributed by atoms with Gasteiger partial charge in [-0.15, -0.1) is 11.3 Å². The van der Waals surface area contributed by atoms with E-state index < -0.39 is 0 Å². The second kappa shape index (κ2) is 5.67. The van der Waals surface area contributed by atoms with Gasteiger partial charge >= 0.3 is 0 Å². The monoisotopic (exact) mass is 298 g/mol. The van der Waals surface area contributed by atoms with Crippen LogP contribution in [0.1, 0.15) is 11.8 Å². The maximum Gasteiger partial charge on any atom is 0.180 e. The molecule has 0 saturated heterocycles. The van der Waals surface area contributed by atoms with Crippen molar-refractivity contribution in [1.29, 1.82) is 0 Å². The number of ether oxygens (including phenoxy) is 2. The van der Waals surface area contributed by atoms with Crippen LogP contribution in [0.15, 0.2) is 12.1 Å². The molecule has 0 radical (unpaired) electrons. The van der Waals surface area contributed by atoms with Gasteiger partial charge in [0.25, 0.3) is 0 Å². The van der Waals surface area contributed by atoms with Crippen LogP contribution in [0.5, 0.6) is 11.5 Å². The summed E-state index contributed by atoms with van der Waals surface area (Å²) in [7, 11) is 3.17. The molecule has 6 heteroatoms. The molecule has 19 heavy (non-hydrogen) atoms. The van der Waals surface area contributed by atoms with Gasteiger partial charge in [0.05, 0.1) is 24.9 Å². The third kappa shape index (κ3) is 2.62. The molecule has 1 heterocycles. The van der Waals surface area contributed by atoms with Crippen LogP contribution in [-0.4, -0.2) is 19.2 Å². The molecular weight excluding hydrogens is 284 g/mol. The number of benzene rings is 1. The van der Waals surface area contributed by atoms with Crippen LogP contribution < -0.4 is 15.2 Å². The van der Waals surface area contributed by atoms with Gasteiger partial charge in [-0.25, -0.2) is 4.98 Å². The molecule has 0 aliphatic heterocycles. The number of nitrogens with two attached hydrogens (primary N) is 1. The zero-order valence-electron chi connectivity index (χ0n) is 11.0. The number of methoxy groups -OCH3 is 2. The molecule has 0 aliphatic carbocycles. The third-order valence-corrected chi connectivity index (χ3v) is 4.09. The minimum absolute atomic E-state index is 0.520. The molecule has 0 atom stereocenters. The van der Waals surface area contributed by atoms with Crippen LogP contribution in [0.4, 0.5) is 5.13 Å². The van der Waals surface area contributed by atoms with Crippen molar-refractivity contribution in [3.05, 3.63) is 22.0 Å². The van der Waals surface area contributed by atoms with E-state index in [0.717, 1.165) is 22.6 Å². The molecule has 0 spiro atoms. The van der Waals surface area contributed by atoms with E-state index in [0.29, 0.717) is 21.7 Å². The summed E-state index contributed by atoms with van der Waals surface area (Å²) in [5.74, 6) is 1.24. The first kappa shape index (κ1) is 14.0. The van der Waals surface area contributed by atoms with Crippen molar-refractivity contribution in [3.63, 3.8) is 0 Å². The Kier molecular flexibility index (Phi) is 4.17. The molecule has 0 amide bonds. The number of halogens is 1. The van der Waals surface area contributed by atoms with Gasteiger partial charge in [0.15, 0.2) is 5.13 Å². The Balaban J connectivity index is 2.63. The lowest BCUT2D eigenvalue weighted by Crippen LogP contribution is -1.94. The van der Waals surface area contributed by atoms with E-state index in [1.807, 2.05) is 0 Å². The zero-order valence-corrected chi connectivity index (χ0v) is 12.6. The van der Waals surface area contributed by atoms with Crippen LogP contribution in [-0.2, 0) is 6.42 Å². The summed E-state index contributed by atoms with van der Waals surface area (Å²) in [6.45, 7) is 2.06. The molecule has 0 bridgehead atoms. The van der Waals surface area contributed by atoms with Gasteiger partial charge in [-0.3, -0.25) is 0 Å². The number of hydrogen-bond donors (Lipinski definition) is 1. The Morgan fingerprint density at radius 1 is 1.26 bits per heavy atom. The van der Waals surface area contributed by atoms with Gasteiger partial charge < -0.3 is 15.2 Å². The minimum Gasteiger partial charge on any atom is -0.496 e. The van der Waals surface area contributed by atoms with Crippen LogP contribution in [0.3, 0.4) is 0 Å². The summed E-state index contributed by atoms with van der Waals surface area (Å²) >= 11 is 7.66. The third-order valence-electron chi connectivity index (χ3n) is 2.76. The average molecular weight is 299 g/mol. The predicted octanol–water partition coefficient (Wildman–Crippen LogP) is 3.63. The lowest BCUT2D eigenvalue weighted by atomic mass is 10.1. The van der Waals surface area contributed by atoms with E-state index in [2.05, 4.69) is 11.9 Å². The summed E-state index contributed by atoms with van der Waals surface area (Å²) in [4.78, 5) is 5.48. The second-order valence-electron chi connectivity index (χ2n) is 3.86. The first-order chi connectivity index (χ1) is 9.10. The molecular formula is C13H15ClN2O2S. The molecule has 1 aromatic carbocycles. The van der Waals surface area contributed by atoms with E-state index in [9.17, 15) is 0 Å². The topological polar surface area (TPSA) is 57.4 Å². The van der Waals surface area contributed by atoms with Gasteiger partial charge in [-0.1, -0.05) is 18.5 Å². The molecule has 2 N–H and O–H groups in total. The van der Waals surface area contributed by atoms with E-state index in [1.54, 1.807) is 26.4 Å². The fourth-order valence-electron chi connectivity index (χ4n) is 1.87. The fourth-order valence-corrected chi connectivity index (χ4v) is 2.89. The largest absolute Gasteiger partial charge is 0.496 e. The van der Waals surface area contributed by atoms with Crippen molar-refractivity contribution in [3.8, 4) is 22.8 Å². The van der Waals surface area contributed by atoms with Gasteiger partial charge in [-0.05, 0) is 12.5 Å². The van der Waals surface area contributed by atoms with Crippen LogP contribution in [0.25, 0.3) is 11.3 Å². The highest BCUT2D eigenvalue weighted by Crippen LogP contribution is 2.41. The standard InChI is InChI=1S/C13H15ClN2O2S/c1-4-11-12(16-13(15)19-11)7-5-8(14)10(18-3)6-9(7)17-2/h5-6H,4H2,1-3H3,(H2,15,16). The molecule has 0 saturated carbocycles. The van der Waals surface area contributed by atoms with Crippen molar-refractivity contribution in [2.75, 3.05) is 20.0 Å². The van der Waals surface area contributed by atoms with E-state index >= 15 is 0 Å². The molecule has 2 aromatic rings. The maximum atomic E-state index is 6.17. The maximum absolute atomic E-state index is 6.17. The lowest BCUT2D eigenvalue weighted by Gasteiger charge is -2.11. The number of nitrogens with zero attached hydrogens (tertiary/aromatic N) is 1. The first-order valence-corrected chi connectivity index (χ1v) is 6.97. The number of hydrogen-bond acceptors (Lipinski definition) is 5. The molecule has 0 aliphatic rings. The predicted molar refractivity (Wildman–Crippen MR) is 79.5 cm³/mol. The first-order valence-electron chi connectivity index (χ1n) is 5.77. The lowest BCUT2D eigenvalue weighted by molar-refractivity contribution is 0.395. The van der Waals surface area contributed by atoms with Crippen molar-refractivity contribution < 1.29 is 9.47 Å². The molecule has 4 nitrogen and oxygen atoms in total. The van der Waals surface area contributed by atoms with Crippen LogP contribution in [0.2, 0.25) is 5.02 Å². The smallest absolute Gasteiger partial charge is 0.180 e. The zero-order chi connectivity index (χ0) is 14.0. The van der Waals surface area contributed by atoms with Crippen molar-refractivity contribution in [2.24, 2.45) is 0 Å². The molecule has 0 unspecified atom stereocenters. The van der Waals surface area contributed by atoms with Gasteiger partial charge in [0, 0.05) is 16.5 Å². The quantitative estimate of drug-likeness (QED) is 0.936. The SMILES string of the molecule is CCc1sc(N)nc1-c1cc(Cl)c(OC)cc1OC. The summed E-state index contributed by atoms with van der Waals surface area (Å²) in [6.07, 6.45) is 0.858. The highest BCUT2D eigenvalue weighted by atomic mass is 35.5. The number of aromatic nitrogens is 1. The number of aryl methyl sites for hydroxylation is 1. The number of rotatable bonds is 4. The van der Waals surface area contributed by atoms with E-state index in [4.69, 9.17) is 26.8 Å². The van der Waals surface area contributed by atoms with Crippen molar-refractivity contribution >= 4 is 28.1 Å². The number of thiazole rings is 1. The minimum atomic E-state index is 0.520. The highest BCUT2D eigenvalue weighted by molar-refractivity contribution is 7.15. The average Bonchev–Trinajstić information content (AvgIpc) is 2.79. The Morgan fingerprint density at radius 2 is 1.95 bits per heavy atom. The van der Waals surface area contributed by atoms with E-state index in [-0.39, 0.29) is 0 Å². The Morgan fingerprint density at radius 3 is 2.53 bits per heavy atom. The number of anilines is 1. The number of nitrogen functional groups attached to an aromatic ring is 1.